The highest BCUT2D eigenvalue weighted by Crippen LogP contribution is 2.09. The lowest BCUT2D eigenvalue weighted by atomic mass is 10.2. The van der Waals surface area contributed by atoms with Crippen molar-refractivity contribution in [2.45, 2.75) is 26.9 Å². The number of aromatic nitrogens is 3. The zero-order valence-corrected chi connectivity index (χ0v) is 12.5. The summed E-state index contributed by atoms with van der Waals surface area (Å²) in [6.45, 7) is 6.63. The van der Waals surface area contributed by atoms with E-state index in [1.165, 1.54) is 4.68 Å². The second-order valence-corrected chi connectivity index (χ2v) is 4.74. The molecule has 2 aromatic rings. The minimum Gasteiger partial charge on any atom is -0.371 e. The van der Waals surface area contributed by atoms with Gasteiger partial charge in [0.25, 0.3) is 5.56 Å². The van der Waals surface area contributed by atoms with Crippen LogP contribution in [-0.4, -0.2) is 27.9 Å². The van der Waals surface area contributed by atoms with Crippen LogP contribution in [0.1, 0.15) is 25.1 Å². The fourth-order valence-electron chi connectivity index (χ4n) is 2.22. The molecule has 0 saturated carbocycles. The van der Waals surface area contributed by atoms with Gasteiger partial charge in [0.15, 0.2) is 0 Å². The molecule has 21 heavy (non-hydrogen) atoms. The summed E-state index contributed by atoms with van der Waals surface area (Å²) < 4.78 is 1.45. The standard InChI is InChI=1S/C15H21N5O/c1-3-19(4-2)14-8-15(21)20(18-10-14)11-12-5-6-17-13(7-12)9-16/h5-8,10H,3-4,9,11,16H2,1-2H3. The molecule has 2 rings (SSSR count). The van der Waals surface area contributed by atoms with E-state index in [1.54, 1.807) is 18.5 Å². The van der Waals surface area contributed by atoms with Gasteiger partial charge in [-0.05, 0) is 31.5 Å². The van der Waals surface area contributed by atoms with Crippen LogP contribution >= 0.6 is 0 Å². The Labute approximate surface area is 124 Å². The van der Waals surface area contributed by atoms with Crippen molar-refractivity contribution in [2.24, 2.45) is 5.73 Å². The van der Waals surface area contributed by atoms with Gasteiger partial charge in [-0.15, -0.1) is 0 Å². The fourth-order valence-corrected chi connectivity index (χ4v) is 2.22. The van der Waals surface area contributed by atoms with Crippen molar-refractivity contribution in [3.8, 4) is 0 Å². The predicted molar refractivity (Wildman–Crippen MR) is 83.3 cm³/mol. The maximum Gasteiger partial charge on any atom is 0.269 e. The summed E-state index contributed by atoms with van der Waals surface area (Å²) in [6, 6.07) is 5.39. The van der Waals surface area contributed by atoms with Gasteiger partial charge in [-0.3, -0.25) is 9.78 Å². The summed E-state index contributed by atoms with van der Waals surface area (Å²) >= 11 is 0. The molecule has 0 spiro atoms. The van der Waals surface area contributed by atoms with E-state index in [9.17, 15) is 4.79 Å². The van der Waals surface area contributed by atoms with Crippen LogP contribution < -0.4 is 16.2 Å². The van der Waals surface area contributed by atoms with Gasteiger partial charge in [0.1, 0.15) is 0 Å². The SMILES string of the molecule is CCN(CC)c1cnn(Cc2ccnc(CN)c2)c(=O)c1. The molecule has 0 aliphatic heterocycles. The molecule has 0 bridgehead atoms. The number of anilines is 1. The van der Waals surface area contributed by atoms with Crippen molar-refractivity contribution >= 4 is 5.69 Å². The molecule has 2 N–H and O–H groups in total. The van der Waals surface area contributed by atoms with Gasteiger partial charge in [-0.2, -0.15) is 5.10 Å². The molecule has 2 aromatic heterocycles. The average Bonchev–Trinajstić information content (AvgIpc) is 2.51. The van der Waals surface area contributed by atoms with Crippen LogP contribution in [0, 0.1) is 0 Å². The topological polar surface area (TPSA) is 77.0 Å². The van der Waals surface area contributed by atoms with Crippen LogP contribution in [0.3, 0.4) is 0 Å². The third kappa shape index (κ3) is 3.66. The molecule has 0 amide bonds. The Hall–Kier alpha value is -2.21. The molecule has 0 fully saturated rings. The van der Waals surface area contributed by atoms with Crippen LogP contribution in [0.2, 0.25) is 0 Å². The van der Waals surface area contributed by atoms with Crippen molar-refractivity contribution < 1.29 is 0 Å². The van der Waals surface area contributed by atoms with Gasteiger partial charge in [-0.1, -0.05) is 0 Å². The monoisotopic (exact) mass is 287 g/mol. The minimum atomic E-state index is -0.106. The highest BCUT2D eigenvalue weighted by atomic mass is 16.1. The molecule has 0 atom stereocenters. The first kappa shape index (κ1) is 15.2. The second-order valence-electron chi connectivity index (χ2n) is 4.74. The van der Waals surface area contributed by atoms with E-state index < -0.39 is 0 Å². The zero-order chi connectivity index (χ0) is 15.2. The number of nitrogens with two attached hydrogens (primary N) is 1. The first-order valence-electron chi connectivity index (χ1n) is 7.13. The number of pyridine rings is 1. The van der Waals surface area contributed by atoms with Crippen molar-refractivity contribution in [1.82, 2.24) is 14.8 Å². The summed E-state index contributed by atoms with van der Waals surface area (Å²) in [5, 5.41) is 4.26. The molecule has 2 heterocycles. The third-order valence-corrected chi connectivity index (χ3v) is 3.41. The zero-order valence-electron chi connectivity index (χ0n) is 12.5. The molecule has 0 radical (unpaired) electrons. The van der Waals surface area contributed by atoms with Crippen LogP contribution in [0.25, 0.3) is 0 Å². The molecule has 112 valence electrons. The normalized spacial score (nSPS) is 10.6. The summed E-state index contributed by atoms with van der Waals surface area (Å²) in [6.07, 6.45) is 3.44. The van der Waals surface area contributed by atoms with Crippen LogP contribution in [0.15, 0.2) is 35.4 Å². The molecule has 6 heteroatoms. The fraction of sp³-hybridized carbons (Fsp3) is 0.400. The number of rotatable bonds is 6. The van der Waals surface area contributed by atoms with Crippen molar-refractivity contribution in [2.75, 3.05) is 18.0 Å². The lowest BCUT2D eigenvalue weighted by Gasteiger charge is -2.20. The highest BCUT2D eigenvalue weighted by Gasteiger charge is 2.06. The summed E-state index contributed by atoms with van der Waals surface area (Å²) in [5.41, 5.74) is 8.10. The Morgan fingerprint density at radius 3 is 2.67 bits per heavy atom. The molecule has 0 aromatic carbocycles. The highest BCUT2D eigenvalue weighted by molar-refractivity contribution is 5.42. The van der Waals surface area contributed by atoms with Gasteiger partial charge >= 0.3 is 0 Å². The van der Waals surface area contributed by atoms with Crippen LogP contribution in [0.5, 0.6) is 0 Å². The van der Waals surface area contributed by atoms with E-state index in [0.717, 1.165) is 30.0 Å². The van der Waals surface area contributed by atoms with E-state index in [4.69, 9.17) is 5.73 Å². The minimum absolute atomic E-state index is 0.106. The summed E-state index contributed by atoms with van der Waals surface area (Å²) in [5.74, 6) is 0. The Morgan fingerprint density at radius 2 is 2.05 bits per heavy atom. The predicted octanol–water partition coefficient (Wildman–Crippen LogP) is 0.991. The lowest BCUT2D eigenvalue weighted by molar-refractivity contribution is 0.635. The Balaban J connectivity index is 2.23. The van der Waals surface area contributed by atoms with Gasteiger partial charge in [0.05, 0.1) is 24.1 Å². The van der Waals surface area contributed by atoms with Gasteiger partial charge in [0.2, 0.25) is 0 Å². The molecule has 0 aliphatic carbocycles. The number of hydrogen-bond donors (Lipinski definition) is 1. The molecule has 0 saturated heterocycles. The van der Waals surface area contributed by atoms with Crippen molar-refractivity contribution in [3.63, 3.8) is 0 Å². The number of nitrogens with zero attached hydrogens (tertiary/aromatic N) is 4. The molecular formula is C15H21N5O. The van der Waals surface area contributed by atoms with E-state index in [2.05, 4.69) is 28.8 Å². The van der Waals surface area contributed by atoms with E-state index >= 15 is 0 Å². The van der Waals surface area contributed by atoms with Crippen LogP contribution in [-0.2, 0) is 13.1 Å². The van der Waals surface area contributed by atoms with E-state index in [1.807, 2.05) is 12.1 Å². The third-order valence-electron chi connectivity index (χ3n) is 3.41. The first-order valence-corrected chi connectivity index (χ1v) is 7.13. The van der Waals surface area contributed by atoms with E-state index in [-0.39, 0.29) is 5.56 Å². The first-order chi connectivity index (χ1) is 10.2. The van der Waals surface area contributed by atoms with Gasteiger partial charge < -0.3 is 10.6 Å². The Bertz CT molecular complexity index is 649. The van der Waals surface area contributed by atoms with E-state index in [0.29, 0.717) is 13.1 Å². The molecule has 0 unspecified atom stereocenters. The smallest absolute Gasteiger partial charge is 0.269 e. The second kappa shape index (κ2) is 6.99. The lowest BCUT2D eigenvalue weighted by Crippen LogP contribution is -2.28. The largest absolute Gasteiger partial charge is 0.371 e. The van der Waals surface area contributed by atoms with Crippen molar-refractivity contribution in [1.29, 1.82) is 0 Å². The molecular weight excluding hydrogens is 266 g/mol. The number of hydrogen-bond acceptors (Lipinski definition) is 5. The maximum atomic E-state index is 12.2. The van der Waals surface area contributed by atoms with Crippen LogP contribution in [0.4, 0.5) is 5.69 Å². The Kier molecular flexibility index (Phi) is 5.05. The quantitative estimate of drug-likeness (QED) is 0.857. The summed E-state index contributed by atoms with van der Waals surface area (Å²) in [4.78, 5) is 18.4. The van der Waals surface area contributed by atoms with Gasteiger partial charge in [-0.25, -0.2) is 4.68 Å². The Morgan fingerprint density at radius 1 is 1.29 bits per heavy atom. The van der Waals surface area contributed by atoms with Crippen molar-refractivity contribution in [3.05, 3.63) is 52.2 Å². The maximum absolute atomic E-state index is 12.2. The molecule has 6 nitrogen and oxygen atoms in total. The summed E-state index contributed by atoms with van der Waals surface area (Å²) in [7, 11) is 0. The van der Waals surface area contributed by atoms with Gasteiger partial charge in [0, 0.05) is 31.9 Å². The molecule has 0 aliphatic rings. The average molecular weight is 287 g/mol.